The number of benzene rings is 1. The number of hydrogen-bond acceptors (Lipinski definition) is 6. The van der Waals surface area contributed by atoms with Crippen LogP contribution in [-0.4, -0.2) is 53.4 Å². The fourth-order valence-electron chi connectivity index (χ4n) is 2.92. The Labute approximate surface area is 181 Å². The first-order valence-electron chi connectivity index (χ1n) is 10.1. The van der Waals surface area contributed by atoms with Crippen molar-refractivity contribution in [3.05, 3.63) is 66.4 Å². The van der Waals surface area contributed by atoms with E-state index in [1.807, 2.05) is 30.3 Å². The van der Waals surface area contributed by atoms with Crippen LogP contribution in [0, 0.1) is 5.92 Å². The van der Waals surface area contributed by atoms with Crippen LogP contribution in [0.2, 0.25) is 0 Å². The van der Waals surface area contributed by atoms with Gasteiger partial charge in [-0.1, -0.05) is 30.3 Å². The van der Waals surface area contributed by atoms with E-state index in [4.69, 9.17) is 19.7 Å². The molecule has 0 radical (unpaired) electrons. The topological polar surface area (TPSA) is 118 Å². The van der Waals surface area contributed by atoms with Crippen molar-refractivity contribution in [3.63, 3.8) is 0 Å². The predicted molar refractivity (Wildman–Crippen MR) is 115 cm³/mol. The van der Waals surface area contributed by atoms with E-state index in [0.717, 1.165) is 25.3 Å². The lowest BCUT2D eigenvalue weighted by molar-refractivity contribution is -0.134. The number of hydrogen-bond donors (Lipinski definition) is 3. The molecule has 8 heteroatoms. The number of aliphatic carboxylic acids is 2. The normalized spacial score (nSPS) is 15.5. The number of rotatable bonds is 9. The number of ether oxygens (including phenoxy) is 2. The van der Waals surface area contributed by atoms with Crippen molar-refractivity contribution in [3.8, 4) is 11.6 Å². The van der Waals surface area contributed by atoms with Gasteiger partial charge in [-0.25, -0.2) is 14.6 Å². The van der Waals surface area contributed by atoms with Gasteiger partial charge in [-0.15, -0.1) is 0 Å². The second-order valence-corrected chi connectivity index (χ2v) is 6.92. The molecule has 0 amide bonds. The van der Waals surface area contributed by atoms with Crippen molar-refractivity contribution in [1.82, 2.24) is 10.3 Å². The van der Waals surface area contributed by atoms with Crippen LogP contribution in [0.25, 0.3) is 0 Å². The molecule has 3 rings (SSSR count). The van der Waals surface area contributed by atoms with Gasteiger partial charge < -0.3 is 25.0 Å². The van der Waals surface area contributed by atoms with Gasteiger partial charge in [0, 0.05) is 37.2 Å². The van der Waals surface area contributed by atoms with E-state index < -0.39 is 11.9 Å². The van der Waals surface area contributed by atoms with Crippen molar-refractivity contribution in [2.24, 2.45) is 5.92 Å². The lowest BCUT2D eigenvalue weighted by Crippen LogP contribution is -2.33. The first kappa shape index (κ1) is 23.9. The fourth-order valence-corrected chi connectivity index (χ4v) is 2.92. The zero-order valence-electron chi connectivity index (χ0n) is 17.3. The molecule has 2 aromatic rings. The van der Waals surface area contributed by atoms with Crippen LogP contribution < -0.4 is 14.8 Å². The first-order chi connectivity index (χ1) is 15.0. The van der Waals surface area contributed by atoms with E-state index in [0.29, 0.717) is 37.2 Å². The molecule has 1 saturated heterocycles. The highest BCUT2D eigenvalue weighted by molar-refractivity contribution is 5.89. The molecule has 0 unspecified atom stereocenters. The molecule has 0 spiro atoms. The molecule has 1 aliphatic heterocycles. The molecule has 8 nitrogen and oxygen atoms in total. The standard InChI is InChI=1S/C19H24N2O2.C4H4O4/c1-2-6-16(7-3-1)10-13-22-19-18(9-5-12-21-19)23-15-17-8-4-11-20-14-17;5-3(6)1-2-4(7)8/h1-3,5-7,9,12,17,20H,4,8,10-11,13-15H2;1-2H,(H,5,6)(H,7,8)/b;2-1+/t17-;/m0./s1. The van der Waals surface area contributed by atoms with Crippen LogP contribution in [-0.2, 0) is 16.0 Å². The summed E-state index contributed by atoms with van der Waals surface area (Å²) >= 11 is 0. The third-order valence-corrected chi connectivity index (χ3v) is 4.45. The van der Waals surface area contributed by atoms with E-state index in [9.17, 15) is 9.59 Å². The zero-order chi connectivity index (χ0) is 22.3. The molecular formula is C23H28N2O6. The third-order valence-electron chi connectivity index (χ3n) is 4.45. The number of pyridine rings is 1. The van der Waals surface area contributed by atoms with E-state index in [-0.39, 0.29) is 0 Å². The van der Waals surface area contributed by atoms with E-state index in [2.05, 4.69) is 22.4 Å². The Hall–Kier alpha value is -3.39. The molecule has 0 aliphatic carbocycles. The summed E-state index contributed by atoms with van der Waals surface area (Å²) in [5.74, 6) is -0.612. The predicted octanol–water partition coefficient (Wildman–Crippen LogP) is 2.79. The van der Waals surface area contributed by atoms with Gasteiger partial charge in [-0.3, -0.25) is 0 Å². The van der Waals surface area contributed by atoms with Gasteiger partial charge in [0.1, 0.15) is 0 Å². The largest absolute Gasteiger partial charge is 0.488 e. The number of carboxylic acids is 2. The quantitative estimate of drug-likeness (QED) is 0.522. The van der Waals surface area contributed by atoms with E-state index >= 15 is 0 Å². The second kappa shape index (κ2) is 13.8. The van der Waals surface area contributed by atoms with Crippen molar-refractivity contribution in [2.75, 3.05) is 26.3 Å². The maximum Gasteiger partial charge on any atom is 0.328 e. The molecule has 1 aromatic heterocycles. The Kier molecular flexibility index (Phi) is 10.6. The summed E-state index contributed by atoms with van der Waals surface area (Å²) in [4.78, 5) is 23.4. The summed E-state index contributed by atoms with van der Waals surface area (Å²) in [6.07, 6.45) is 6.17. The van der Waals surface area contributed by atoms with E-state index in [1.54, 1.807) is 6.20 Å². The monoisotopic (exact) mass is 428 g/mol. The lowest BCUT2D eigenvalue weighted by Gasteiger charge is -2.23. The van der Waals surface area contributed by atoms with Gasteiger partial charge >= 0.3 is 11.9 Å². The average molecular weight is 428 g/mol. The number of nitrogens with one attached hydrogen (secondary N) is 1. The molecule has 1 aliphatic rings. The number of aromatic nitrogens is 1. The maximum absolute atomic E-state index is 9.55. The maximum atomic E-state index is 9.55. The average Bonchev–Trinajstić information content (AvgIpc) is 2.79. The molecule has 2 heterocycles. The van der Waals surface area contributed by atoms with Crippen LogP contribution in [0.1, 0.15) is 18.4 Å². The summed E-state index contributed by atoms with van der Waals surface area (Å²) < 4.78 is 11.8. The summed E-state index contributed by atoms with van der Waals surface area (Å²) in [5, 5.41) is 19.0. The lowest BCUT2D eigenvalue weighted by atomic mass is 10.0. The van der Waals surface area contributed by atoms with Crippen molar-refractivity contribution < 1.29 is 29.3 Å². The molecule has 0 bridgehead atoms. The van der Waals surface area contributed by atoms with Gasteiger partial charge in [-0.2, -0.15) is 0 Å². The minimum Gasteiger partial charge on any atom is -0.488 e. The summed E-state index contributed by atoms with van der Waals surface area (Å²) in [7, 11) is 0. The number of nitrogens with zero attached hydrogens (tertiary/aromatic N) is 1. The number of carboxylic acid groups (broad SMARTS) is 2. The molecule has 0 saturated carbocycles. The van der Waals surface area contributed by atoms with Crippen LogP contribution in [0.5, 0.6) is 11.6 Å². The zero-order valence-corrected chi connectivity index (χ0v) is 17.3. The second-order valence-electron chi connectivity index (χ2n) is 6.92. The highest BCUT2D eigenvalue weighted by Gasteiger charge is 2.15. The van der Waals surface area contributed by atoms with Crippen molar-refractivity contribution in [2.45, 2.75) is 19.3 Å². The van der Waals surface area contributed by atoms with Gasteiger partial charge in [0.15, 0.2) is 5.75 Å². The van der Waals surface area contributed by atoms with Crippen LogP contribution in [0.3, 0.4) is 0 Å². The molecule has 1 fully saturated rings. The van der Waals surface area contributed by atoms with Gasteiger partial charge in [0.25, 0.3) is 5.88 Å². The minimum atomic E-state index is -1.26. The summed E-state index contributed by atoms with van der Waals surface area (Å²) in [6, 6.07) is 14.1. The molecule has 166 valence electrons. The van der Waals surface area contributed by atoms with Gasteiger partial charge in [0.05, 0.1) is 13.2 Å². The smallest absolute Gasteiger partial charge is 0.328 e. The van der Waals surface area contributed by atoms with Crippen molar-refractivity contribution in [1.29, 1.82) is 0 Å². The number of carbonyl (C=O) groups is 2. The molecule has 3 N–H and O–H groups in total. The Bertz CT molecular complexity index is 819. The minimum absolute atomic E-state index is 0.558. The molecular weight excluding hydrogens is 400 g/mol. The summed E-state index contributed by atoms with van der Waals surface area (Å²) in [5.41, 5.74) is 1.26. The molecule has 31 heavy (non-hydrogen) atoms. The van der Waals surface area contributed by atoms with Crippen molar-refractivity contribution >= 4 is 11.9 Å². The molecule has 1 aromatic carbocycles. The van der Waals surface area contributed by atoms with E-state index in [1.165, 1.54) is 18.4 Å². The van der Waals surface area contributed by atoms with Crippen LogP contribution in [0.15, 0.2) is 60.8 Å². The Morgan fingerprint density at radius 2 is 1.81 bits per heavy atom. The highest BCUT2D eigenvalue weighted by Crippen LogP contribution is 2.25. The van der Waals surface area contributed by atoms with Crippen LogP contribution >= 0.6 is 0 Å². The first-order valence-corrected chi connectivity index (χ1v) is 10.1. The fraction of sp³-hybridized carbons (Fsp3) is 0.348. The Balaban J connectivity index is 0.000000366. The summed E-state index contributed by atoms with van der Waals surface area (Å²) in [6.45, 7) is 3.47. The number of piperidine rings is 1. The van der Waals surface area contributed by atoms with Gasteiger partial charge in [0.2, 0.25) is 0 Å². The Morgan fingerprint density at radius 1 is 1.06 bits per heavy atom. The highest BCUT2D eigenvalue weighted by atomic mass is 16.5. The Morgan fingerprint density at radius 3 is 2.45 bits per heavy atom. The molecule has 1 atom stereocenters. The van der Waals surface area contributed by atoms with Gasteiger partial charge in [-0.05, 0) is 37.1 Å². The SMILES string of the molecule is O=C(O)/C=C/C(=O)O.c1ccc(CCOc2ncccc2OC[C@H]2CCCNC2)cc1. The third kappa shape index (κ3) is 10.3. The van der Waals surface area contributed by atoms with Crippen LogP contribution in [0.4, 0.5) is 0 Å².